The third kappa shape index (κ3) is 5.54. The van der Waals surface area contributed by atoms with E-state index in [1.807, 2.05) is 66.7 Å². The lowest BCUT2D eigenvalue weighted by Crippen LogP contribution is -2.00. The van der Waals surface area contributed by atoms with Gasteiger partial charge in [-0.2, -0.15) is 0 Å². The number of rotatable bonds is 6. The summed E-state index contributed by atoms with van der Waals surface area (Å²) < 4.78 is 6.70. The van der Waals surface area contributed by atoms with E-state index in [0.29, 0.717) is 17.5 Å². The minimum Gasteiger partial charge on any atom is -0.455 e. The van der Waals surface area contributed by atoms with Crippen LogP contribution in [-0.4, -0.2) is 15.0 Å². The predicted molar refractivity (Wildman–Crippen MR) is 217 cm³/mol. The zero-order chi connectivity index (χ0) is 35.1. The lowest BCUT2D eigenvalue weighted by molar-refractivity contribution is 0.673. The highest BCUT2D eigenvalue weighted by atomic mass is 16.3. The molecule has 0 spiro atoms. The molecule has 0 amide bonds. The molecule has 53 heavy (non-hydrogen) atoms. The van der Waals surface area contributed by atoms with Crippen LogP contribution in [0.1, 0.15) is 0 Å². The van der Waals surface area contributed by atoms with Crippen molar-refractivity contribution in [1.29, 1.82) is 0 Å². The summed E-state index contributed by atoms with van der Waals surface area (Å²) in [6.45, 7) is 0. The molecule has 0 radical (unpaired) electrons. The van der Waals surface area contributed by atoms with Gasteiger partial charge in [0.25, 0.3) is 0 Å². The monoisotopic (exact) mass is 677 g/mol. The van der Waals surface area contributed by atoms with E-state index in [1.165, 1.54) is 11.1 Å². The molecule has 0 aliphatic rings. The van der Waals surface area contributed by atoms with Crippen LogP contribution < -0.4 is 0 Å². The number of fused-ring (bicyclic) bond motifs is 5. The fraction of sp³-hybridized carbons (Fsp3) is 0. The minimum atomic E-state index is 0.636. The third-order valence-electron chi connectivity index (χ3n) is 9.92. The quantitative estimate of drug-likeness (QED) is 0.176. The van der Waals surface area contributed by atoms with Crippen LogP contribution in [0, 0.1) is 0 Å². The maximum atomic E-state index is 6.70. The first-order valence-corrected chi connectivity index (χ1v) is 17.8. The zero-order valence-corrected chi connectivity index (χ0v) is 28.6. The van der Waals surface area contributed by atoms with E-state index in [9.17, 15) is 0 Å². The Morgan fingerprint density at radius 1 is 0.321 bits per heavy atom. The standard InChI is InChI=1S/C49H31N3O/c1-4-14-33(15-5-1)40-24-13-21-38-31-42(45-41-23-10-11-25-43(41)53-46(45)44(38)40)34-28-26-32(27-29-34)37-20-12-22-39(30-37)49-51-47(35-16-6-2-7-17-35)50-48(52-49)36-18-8-3-9-19-36/h1-31H. The van der Waals surface area contributed by atoms with Crippen LogP contribution in [0.3, 0.4) is 0 Å². The highest BCUT2D eigenvalue weighted by molar-refractivity contribution is 6.24. The molecule has 0 unspecified atom stereocenters. The van der Waals surface area contributed by atoms with Crippen molar-refractivity contribution < 1.29 is 4.42 Å². The molecule has 0 aliphatic heterocycles. The molecule has 0 fully saturated rings. The van der Waals surface area contributed by atoms with Crippen LogP contribution in [0.15, 0.2) is 192 Å². The fourth-order valence-corrected chi connectivity index (χ4v) is 7.36. The van der Waals surface area contributed by atoms with Gasteiger partial charge in [0.05, 0.1) is 0 Å². The molecule has 4 heteroatoms. The first-order valence-electron chi connectivity index (χ1n) is 17.8. The topological polar surface area (TPSA) is 51.8 Å². The Balaban J connectivity index is 1.07. The smallest absolute Gasteiger partial charge is 0.164 e. The Labute approximate surface area is 306 Å². The molecule has 0 bridgehead atoms. The lowest BCUT2D eigenvalue weighted by Gasteiger charge is -2.12. The highest BCUT2D eigenvalue weighted by Gasteiger charge is 2.19. The van der Waals surface area contributed by atoms with Crippen molar-refractivity contribution in [1.82, 2.24) is 15.0 Å². The van der Waals surface area contributed by atoms with Crippen LogP contribution in [0.4, 0.5) is 0 Å². The Hall–Kier alpha value is -7.17. The normalized spacial score (nSPS) is 11.4. The maximum Gasteiger partial charge on any atom is 0.164 e. The maximum absolute atomic E-state index is 6.70. The van der Waals surface area contributed by atoms with Crippen molar-refractivity contribution in [3.63, 3.8) is 0 Å². The molecule has 10 aromatic rings. The SMILES string of the molecule is c1ccc(-c2nc(-c3ccccc3)nc(-c3cccc(-c4ccc(-c5cc6cccc(-c7ccccc7)c6c6oc7ccccc7c56)cc4)c3)n2)cc1. The lowest BCUT2D eigenvalue weighted by atomic mass is 9.91. The number of para-hydroxylation sites is 1. The van der Waals surface area contributed by atoms with Gasteiger partial charge in [-0.1, -0.05) is 170 Å². The van der Waals surface area contributed by atoms with Gasteiger partial charge in [0.1, 0.15) is 11.2 Å². The second-order valence-corrected chi connectivity index (χ2v) is 13.2. The van der Waals surface area contributed by atoms with Gasteiger partial charge in [0.2, 0.25) is 0 Å². The van der Waals surface area contributed by atoms with Gasteiger partial charge >= 0.3 is 0 Å². The number of hydrogen-bond donors (Lipinski definition) is 0. The van der Waals surface area contributed by atoms with Crippen molar-refractivity contribution in [2.75, 3.05) is 0 Å². The number of nitrogens with zero attached hydrogens (tertiary/aromatic N) is 3. The van der Waals surface area contributed by atoms with E-state index in [4.69, 9.17) is 19.4 Å². The van der Waals surface area contributed by atoms with Crippen LogP contribution in [0.25, 0.3) is 100 Å². The Morgan fingerprint density at radius 3 is 1.51 bits per heavy atom. The summed E-state index contributed by atoms with van der Waals surface area (Å²) >= 11 is 0. The molecule has 248 valence electrons. The van der Waals surface area contributed by atoms with Crippen molar-refractivity contribution in [3.05, 3.63) is 188 Å². The molecule has 8 aromatic carbocycles. The summed E-state index contributed by atoms with van der Waals surface area (Å²) in [7, 11) is 0. The van der Waals surface area contributed by atoms with Gasteiger partial charge in [0.15, 0.2) is 17.5 Å². The molecular weight excluding hydrogens is 647 g/mol. The van der Waals surface area contributed by atoms with Gasteiger partial charge in [-0.3, -0.25) is 0 Å². The summed E-state index contributed by atoms with van der Waals surface area (Å²) in [5.74, 6) is 1.93. The molecule has 2 aromatic heterocycles. The average Bonchev–Trinajstić information content (AvgIpc) is 3.64. The van der Waals surface area contributed by atoms with Gasteiger partial charge in [-0.15, -0.1) is 0 Å². The second-order valence-electron chi connectivity index (χ2n) is 13.2. The van der Waals surface area contributed by atoms with Crippen molar-refractivity contribution in [2.24, 2.45) is 0 Å². The average molecular weight is 678 g/mol. The third-order valence-corrected chi connectivity index (χ3v) is 9.92. The van der Waals surface area contributed by atoms with E-state index in [2.05, 4.69) is 121 Å². The first-order chi connectivity index (χ1) is 26.3. The van der Waals surface area contributed by atoms with E-state index in [0.717, 1.165) is 71.7 Å². The molecule has 2 heterocycles. The predicted octanol–water partition coefficient (Wildman–Crippen LogP) is 12.9. The molecule has 0 atom stereocenters. The van der Waals surface area contributed by atoms with E-state index >= 15 is 0 Å². The summed E-state index contributed by atoms with van der Waals surface area (Å²) in [6.07, 6.45) is 0. The second kappa shape index (κ2) is 12.9. The summed E-state index contributed by atoms with van der Waals surface area (Å²) in [6, 6.07) is 65.1. The summed E-state index contributed by atoms with van der Waals surface area (Å²) in [5, 5.41) is 4.52. The van der Waals surface area contributed by atoms with Crippen molar-refractivity contribution in [3.8, 4) is 67.5 Å². The summed E-state index contributed by atoms with van der Waals surface area (Å²) in [4.78, 5) is 14.8. The van der Waals surface area contributed by atoms with Crippen LogP contribution >= 0.6 is 0 Å². The number of benzene rings is 8. The molecule has 4 nitrogen and oxygen atoms in total. The minimum absolute atomic E-state index is 0.636. The van der Waals surface area contributed by atoms with Gasteiger partial charge in [-0.05, 0) is 57.0 Å². The number of aromatic nitrogens is 3. The molecule has 0 aliphatic carbocycles. The van der Waals surface area contributed by atoms with Crippen molar-refractivity contribution >= 4 is 32.7 Å². The van der Waals surface area contributed by atoms with E-state index in [-0.39, 0.29) is 0 Å². The summed E-state index contributed by atoms with van der Waals surface area (Å²) in [5.41, 5.74) is 11.4. The molecular formula is C49H31N3O. The number of hydrogen-bond acceptors (Lipinski definition) is 4. The largest absolute Gasteiger partial charge is 0.455 e. The molecule has 0 saturated heterocycles. The van der Waals surface area contributed by atoms with Crippen LogP contribution in [0.2, 0.25) is 0 Å². The number of furan rings is 1. The zero-order valence-electron chi connectivity index (χ0n) is 28.6. The van der Waals surface area contributed by atoms with Crippen LogP contribution in [-0.2, 0) is 0 Å². The fourth-order valence-electron chi connectivity index (χ4n) is 7.36. The van der Waals surface area contributed by atoms with Crippen molar-refractivity contribution in [2.45, 2.75) is 0 Å². The van der Waals surface area contributed by atoms with E-state index < -0.39 is 0 Å². The van der Waals surface area contributed by atoms with Gasteiger partial charge < -0.3 is 4.42 Å². The first kappa shape index (κ1) is 30.6. The molecule has 0 saturated carbocycles. The Bertz CT molecular complexity index is 2860. The Kier molecular flexibility index (Phi) is 7.43. The highest BCUT2D eigenvalue weighted by Crippen LogP contribution is 2.44. The van der Waals surface area contributed by atoms with Gasteiger partial charge in [0, 0.05) is 32.8 Å². The van der Waals surface area contributed by atoms with E-state index in [1.54, 1.807) is 0 Å². The Morgan fingerprint density at radius 2 is 0.830 bits per heavy atom. The van der Waals surface area contributed by atoms with Gasteiger partial charge in [-0.25, -0.2) is 15.0 Å². The van der Waals surface area contributed by atoms with Crippen LogP contribution in [0.5, 0.6) is 0 Å². The molecule has 0 N–H and O–H groups in total. The molecule has 10 rings (SSSR count).